The molecule has 1 aliphatic heterocycles. The molecule has 0 aromatic carbocycles. The third-order valence-electron chi connectivity index (χ3n) is 2.89. The molecule has 1 unspecified atom stereocenters. The fourth-order valence-corrected chi connectivity index (χ4v) is 1.70. The predicted octanol–water partition coefficient (Wildman–Crippen LogP) is -5.14. The van der Waals surface area contributed by atoms with Gasteiger partial charge in [-0.25, -0.2) is 0 Å². The first kappa shape index (κ1) is 15.7. The lowest BCUT2D eigenvalue weighted by molar-refractivity contribution is -0.305. The molecule has 9 nitrogen and oxygen atoms in total. The molecule has 8 atom stereocenters. The summed E-state index contributed by atoms with van der Waals surface area (Å²) in [7, 11) is 0. The van der Waals surface area contributed by atoms with E-state index in [2.05, 4.69) is 4.74 Å². The first-order chi connectivity index (χ1) is 8.31. The van der Waals surface area contributed by atoms with E-state index in [9.17, 15) is 30.6 Å². The maximum atomic E-state index is 9.63. The third-order valence-corrected chi connectivity index (χ3v) is 2.89. The van der Waals surface area contributed by atoms with E-state index in [-0.39, 0.29) is 0 Å². The van der Waals surface area contributed by atoms with Crippen LogP contribution in [0, 0.1) is 0 Å². The average molecular weight is 270 g/mol. The quantitative estimate of drug-likeness (QED) is 0.249. The normalized spacial score (nSPS) is 42.3. The Hall–Kier alpha value is -0.360. The minimum absolute atomic E-state index is 0.839. The summed E-state index contributed by atoms with van der Waals surface area (Å²) in [5, 5.41) is 74.1. The Morgan fingerprint density at radius 3 is 1.94 bits per heavy atom. The highest BCUT2D eigenvalue weighted by Gasteiger charge is 2.48. The van der Waals surface area contributed by atoms with Gasteiger partial charge in [-0.15, -0.1) is 0 Å². The van der Waals surface area contributed by atoms with Crippen LogP contribution in [0.2, 0.25) is 0 Å². The standard InChI is InChI=1S/C9H18O9/c10-1-2(11)3(12)5(14)8-6(15)4(13)7(16)9(17)18-8/h2-17H,1H2/t2-,3-,4+,5-,6+,7-,8-,9?/m1/s1. The lowest BCUT2D eigenvalue weighted by Gasteiger charge is -2.41. The molecular formula is C9H18O9. The molecule has 1 fully saturated rings. The van der Waals surface area contributed by atoms with Crippen molar-refractivity contribution in [3.05, 3.63) is 0 Å². The van der Waals surface area contributed by atoms with Crippen molar-refractivity contribution in [3.63, 3.8) is 0 Å². The second-order valence-electron chi connectivity index (χ2n) is 4.19. The first-order valence-corrected chi connectivity index (χ1v) is 5.34. The summed E-state index contributed by atoms with van der Waals surface area (Å²) < 4.78 is 4.65. The number of aliphatic hydroxyl groups excluding tert-OH is 8. The van der Waals surface area contributed by atoms with Gasteiger partial charge < -0.3 is 45.6 Å². The Bertz CT molecular complexity index is 262. The van der Waals surface area contributed by atoms with Gasteiger partial charge in [-0.3, -0.25) is 0 Å². The molecule has 18 heavy (non-hydrogen) atoms. The van der Waals surface area contributed by atoms with E-state index in [0.29, 0.717) is 0 Å². The van der Waals surface area contributed by atoms with Gasteiger partial charge in [-0.1, -0.05) is 0 Å². The number of ether oxygens (including phenoxy) is 1. The van der Waals surface area contributed by atoms with Crippen molar-refractivity contribution in [1.29, 1.82) is 0 Å². The van der Waals surface area contributed by atoms with Crippen molar-refractivity contribution >= 4 is 0 Å². The van der Waals surface area contributed by atoms with Crippen LogP contribution in [0.3, 0.4) is 0 Å². The first-order valence-electron chi connectivity index (χ1n) is 5.34. The second kappa shape index (κ2) is 6.19. The largest absolute Gasteiger partial charge is 0.394 e. The summed E-state index contributed by atoms with van der Waals surface area (Å²) in [6, 6.07) is 0. The summed E-state index contributed by atoms with van der Waals surface area (Å²) >= 11 is 0. The van der Waals surface area contributed by atoms with E-state index < -0.39 is 55.6 Å². The van der Waals surface area contributed by atoms with Crippen LogP contribution < -0.4 is 0 Å². The van der Waals surface area contributed by atoms with Crippen LogP contribution in [0.4, 0.5) is 0 Å². The monoisotopic (exact) mass is 270 g/mol. The third kappa shape index (κ3) is 2.96. The molecule has 9 heteroatoms. The Balaban J connectivity index is 2.76. The fraction of sp³-hybridized carbons (Fsp3) is 1.00. The molecule has 0 radical (unpaired) electrons. The minimum atomic E-state index is -1.88. The van der Waals surface area contributed by atoms with Gasteiger partial charge in [0.25, 0.3) is 0 Å². The van der Waals surface area contributed by atoms with Crippen LogP contribution in [0.5, 0.6) is 0 Å². The van der Waals surface area contributed by atoms with Gasteiger partial charge in [0.15, 0.2) is 6.29 Å². The smallest absolute Gasteiger partial charge is 0.184 e. The predicted molar refractivity (Wildman–Crippen MR) is 54.0 cm³/mol. The summed E-state index contributed by atoms with van der Waals surface area (Å²) in [5.41, 5.74) is 0. The number of hydrogen-bond donors (Lipinski definition) is 8. The van der Waals surface area contributed by atoms with Crippen LogP contribution in [-0.4, -0.2) is 96.5 Å². The van der Waals surface area contributed by atoms with Gasteiger partial charge in [0, 0.05) is 0 Å². The molecule has 1 rings (SSSR count). The Kier molecular flexibility index (Phi) is 5.40. The van der Waals surface area contributed by atoms with E-state index in [1.54, 1.807) is 0 Å². The highest BCUT2D eigenvalue weighted by Crippen LogP contribution is 2.24. The van der Waals surface area contributed by atoms with Gasteiger partial charge in [-0.05, 0) is 0 Å². The maximum Gasteiger partial charge on any atom is 0.184 e. The summed E-state index contributed by atoms with van der Waals surface area (Å²) in [4.78, 5) is 0. The zero-order valence-electron chi connectivity index (χ0n) is 9.31. The maximum absolute atomic E-state index is 9.63. The molecule has 0 aromatic rings. The van der Waals surface area contributed by atoms with E-state index in [1.165, 1.54) is 0 Å². The molecule has 1 aliphatic rings. The molecular weight excluding hydrogens is 252 g/mol. The minimum Gasteiger partial charge on any atom is -0.394 e. The molecule has 0 bridgehead atoms. The number of aliphatic hydroxyl groups is 8. The van der Waals surface area contributed by atoms with Crippen molar-refractivity contribution in [3.8, 4) is 0 Å². The molecule has 0 aromatic heterocycles. The highest BCUT2D eigenvalue weighted by molar-refractivity contribution is 4.95. The van der Waals surface area contributed by atoms with E-state index in [4.69, 9.17) is 10.2 Å². The lowest BCUT2D eigenvalue weighted by Crippen LogP contribution is -2.63. The summed E-state index contributed by atoms with van der Waals surface area (Å²) in [6.07, 6.45) is -14.2. The average Bonchev–Trinajstić information content (AvgIpc) is 2.37. The van der Waals surface area contributed by atoms with Gasteiger partial charge in [0.05, 0.1) is 6.61 Å². The van der Waals surface area contributed by atoms with Crippen molar-refractivity contribution < 1.29 is 45.6 Å². The van der Waals surface area contributed by atoms with Crippen molar-refractivity contribution in [2.45, 2.75) is 49.0 Å². The molecule has 0 spiro atoms. The summed E-state index contributed by atoms with van der Waals surface area (Å²) in [6.45, 7) is -0.839. The van der Waals surface area contributed by atoms with Gasteiger partial charge in [-0.2, -0.15) is 0 Å². The van der Waals surface area contributed by atoms with Crippen molar-refractivity contribution in [2.24, 2.45) is 0 Å². The number of hydrogen-bond acceptors (Lipinski definition) is 9. The molecule has 0 saturated carbocycles. The van der Waals surface area contributed by atoms with E-state index in [1.807, 2.05) is 0 Å². The molecule has 0 amide bonds. The van der Waals surface area contributed by atoms with Crippen molar-refractivity contribution in [2.75, 3.05) is 6.61 Å². The molecule has 1 saturated heterocycles. The topological polar surface area (TPSA) is 171 Å². The Labute approximate surface area is 102 Å². The molecule has 108 valence electrons. The zero-order valence-corrected chi connectivity index (χ0v) is 9.31. The molecule has 1 heterocycles. The van der Waals surface area contributed by atoms with E-state index >= 15 is 0 Å². The van der Waals surface area contributed by atoms with Gasteiger partial charge in [0.2, 0.25) is 0 Å². The zero-order chi connectivity index (χ0) is 14.0. The fourth-order valence-electron chi connectivity index (χ4n) is 1.70. The van der Waals surface area contributed by atoms with Crippen LogP contribution in [0.15, 0.2) is 0 Å². The van der Waals surface area contributed by atoms with E-state index in [0.717, 1.165) is 0 Å². The van der Waals surface area contributed by atoms with Gasteiger partial charge >= 0.3 is 0 Å². The van der Waals surface area contributed by atoms with Crippen molar-refractivity contribution in [1.82, 2.24) is 0 Å². The van der Waals surface area contributed by atoms with Gasteiger partial charge in [0.1, 0.15) is 42.7 Å². The van der Waals surface area contributed by atoms with Crippen LogP contribution in [0.1, 0.15) is 0 Å². The van der Waals surface area contributed by atoms with Crippen LogP contribution in [0.25, 0.3) is 0 Å². The lowest BCUT2D eigenvalue weighted by atomic mass is 9.91. The molecule has 8 N–H and O–H groups in total. The second-order valence-corrected chi connectivity index (χ2v) is 4.19. The molecule has 0 aliphatic carbocycles. The Morgan fingerprint density at radius 2 is 1.44 bits per heavy atom. The SMILES string of the molecule is OC[C@@H](O)[C@@H](O)[C@@H](O)[C@H]1OC(O)[C@H](O)[C@@H](O)[C@@H]1O. The number of rotatable bonds is 4. The summed E-state index contributed by atoms with van der Waals surface area (Å²) in [5.74, 6) is 0. The Morgan fingerprint density at radius 1 is 0.889 bits per heavy atom. The van der Waals surface area contributed by atoms with Crippen LogP contribution >= 0.6 is 0 Å². The highest BCUT2D eigenvalue weighted by atomic mass is 16.6. The van der Waals surface area contributed by atoms with Crippen LogP contribution in [-0.2, 0) is 4.74 Å².